The third-order valence-corrected chi connectivity index (χ3v) is 56.3. The minimum atomic E-state index is -2.30. The van der Waals surface area contributed by atoms with Crippen LogP contribution in [0.5, 0.6) is 0 Å². The molecule has 0 aromatic heterocycles. The first-order chi connectivity index (χ1) is 4.50. The van der Waals surface area contributed by atoms with Crippen molar-refractivity contribution in [3.8, 4) is 0 Å². The Labute approximate surface area is 86.2 Å². The van der Waals surface area contributed by atoms with Gasteiger partial charge in [-0.3, -0.25) is 0 Å². The molecule has 0 spiro atoms. The summed E-state index contributed by atoms with van der Waals surface area (Å²) in [6.07, 6.45) is 0. The summed E-state index contributed by atoms with van der Waals surface area (Å²) in [5.41, 5.74) is 0. The minimum absolute atomic E-state index is 0.326. The predicted octanol–water partition coefficient (Wildman–Crippen LogP) is 4.19. The maximum absolute atomic E-state index is 6.49. The van der Waals surface area contributed by atoms with E-state index in [1.54, 1.807) is 0 Å². The first-order valence-corrected chi connectivity index (χ1v) is 25.4. The van der Waals surface area contributed by atoms with Gasteiger partial charge in [-0.1, -0.05) is 0 Å². The SMILES string of the molecule is C[C](C)([Sn]([CH3])([CH3])[Cl])[Sn]([CH3])([CH3])[Cl]. The Morgan fingerprint density at radius 2 is 1.00 bits per heavy atom. The molecule has 0 rings (SSSR count). The van der Waals surface area contributed by atoms with Crippen molar-refractivity contribution in [2.45, 2.75) is 35.1 Å². The maximum atomic E-state index is 6.49. The standard InChI is InChI=1S/C3H6.4CH3.2ClH.2Sn/c1-3-2;;;;;;;;/h1-2H3;4*1H3;2*1H;;/q;;;;;;;2*+1/p-2. The van der Waals surface area contributed by atoms with Gasteiger partial charge < -0.3 is 0 Å². The molecule has 0 bridgehead atoms. The van der Waals surface area contributed by atoms with Crippen molar-refractivity contribution in [3.63, 3.8) is 0 Å². The average Bonchev–Trinajstić information content (AvgIpc) is 1.58. The van der Waals surface area contributed by atoms with Crippen LogP contribution in [0.2, 0.25) is 21.2 Å². The summed E-state index contributed by atoms with van der Waals surface area (Å²) in [7, 11) is 13.0. The van der Waals surface area contributed by atoms with Crippen LogP contribution >= 0.6 is 17.8 Å². The average molecular weight is 411 g/mol. The van der Waals surface area contributed by atoms with E-state index in [-0.39, 0.29) is 0 Å². The third kappa shape index (κ3) is 3.10. The predicted molar refractivity (Wildman–Crippen MR) is 60.7 cm³/mol. The van der Waals surface area contributed by atoms with Crippen molar-refractivity contribution >= 4 is 52.3 Å². The molecule has 0 aromatic carbocycles. The van der Waals surface area contributed by atoms with E-state index in [0.717, 1.165) is 0 Å². The molecule has 0 fully saturated rings. The molecule has 0 saturated carbocycles. The Bertz CT molecular complexity index is 126. The zero-order chi connectivity index (χ0) is 9.50. The van der Waals surface area contributed by atoms with Gasteiger partial charge >= 0.3 is 87.4 Å². The molecule has 0 atom stereocenters. The summed E-state index contributed by atoms with van der Waals surface area (Å²) in [4.78, 5) is 9.04. The Morgan fingerprint density at radius 3 is 1.00 bits per heavy atom. The van der Waals surface area contributed by atoms with Gasteiger partial charge in [0.15, 0.2) is 0 Å². The van der Waals surface area contributed by atoms with Gasteiger partial charge in [0.05, 0.1) is 0 Å². The molecule has 0 aliphatic rings. The molecule has 0 nitrogen and oxygen atoms in total. The zero-order valence-corrected chi connectivity index (χ0v) is 15.5. The molecular weight excluding hydrogens is 392 g/mol. The molecule has 4 heteroatoms. The second-order valence-electron chi connectivity index (χ2n) is 4.57. The fourth-order valence-corrected chi connectivity index (χ4v) is 55.2. The molecular formula is C7H18Cl2Sn2. The molecule has 11 heavy (non-hydrogen) atoms. The van der Waals surface area contributed by atoms with E-state index in [1.165, 1.54) is 0 Å². The molecule has 0 amide bonds. The summed E-state index contributed by atoms with van der Waals surface area (Å²) in [5.74, 6) is 0. The number of hydrogen-bond acceptors (Lipinski definition) is 0. The topological polar surface area (TPSA) is 0 Å². The number of rotatable bonds is 2. The van der Waals surface area contributed by atoms with Gasteiger partial charge in [0, 0.05) is 0 Å². The van der Waals surface area contributed by atoms with Crippen LogP contribution < -0.4 is 0 Å². The van der Waals surface area contributed by atoms with Gasteiger partial charge in [-0.15, -0.1) is 0 Å². The Balaban J connectivity index is 4.75. The fourth-order valence-electron chi connectivity index (χ4n) is 0.707. The van der Waals surface area contributed by atoms with Crippen molar-refractivity contribution < 1.29 is 0 Å². The fraction of sp³-hybridized carbons (Fsp3) is 1.00. The van der Waals surface area contributed by atoms with Gasteiger partial charge in [-0.2, -0.15) is 0 Å². The van der Waals surface area contributed by atoms with Gasteiger partial charge in [0.2, 0.25) is 0 Å². The molecule has 0 saturated heterocycles. The van der Waals surface area contributed by atoms with Crippen molar-refractivity contribution in [1.82, 2.24) is 0 Å². The quantitative estimate of drug-likeness (QED) is 0.599. The summed E-state index contributed by atoms with van der Waals surface area (Å²) < 4.78 is 0.326. The van der Waals surface area contributed by atoms with Crippen LogP contribution in [0.15, 0.2) is 0 Å². The third-order valence-electron chi connectivity index (χ3n) is 2.97. The van der Waals surface area contributed by atoms with E-state index in [0.29, 0.717) is 1.45 Å². The van der Waals surface area contributed by atoms with Gasteiger partial charge in [-0.05, 0) is 0 Å². The van der Waals surface area contributed by atoms with Crippen LogP contribution in [0.3, 0.4) is 0 Å². The van der Waals surface area contributed by atoms with E-state index < -0.39 is 34.5 Å². The van der Waals surface area contributed by atoms with Gasteiger partial charge in [-0.25, -0.2) is 0 Å². The monoisotopic (exact) mass is 412 g/mol. The van der Waals surface area contributed by atoms with Crippen molar-refractivity contribution in [2.75, 3.05) is 0 Å². The summed E-state index contributed by atoms with van der Waals surface area (Å²) >= 11 is -4.61. The van der Waals surface area contributed by atoms with Crippen LogP contribution in [-0.2, 0) is 0 Å². The molecule has 0 aliphatic carbocycles. The van der Waals surface area contributed by atoms with E-state index in [9.17, 15) is 0 Å². The summed E-state index contributed by atoms with van der Waals surface area (Å²) in [6.45, 7) is 4.55. The van der Waals surface area contributed by atoms with E-state index in [4.69, 9.17) is 17.8 Å². The van der Waals surface area contributed by atoms with Crippen LogP contribution in [0.25, 0.3) is 0 Å². The second kappa shape index (κ2) is 3.74. The van der Waals surface area contributed by atoms with Gasteiger partial charge in [0.1, 0.15) is 0 Å². The number of halogens is 2. The van der Waals surface area contributed by atoms with Gasteiger partial charge in [0.25, 0.3) is 0 Å². The summed E-state index contributed by atoms with van der Waals surface area (Å²) in [5, 5.41) is 0. The molecule has 0 radical (unpaired) electrons. The van der Waals surface area contributed by atoms with Crippen LogP contribution in [0, 0.1) is 0 Å². The van der Waals surface area contributed by atoms with Crippen molar-refractivity contribution in [3.05, 3.63) is 0 Å². The number of hydrogen-bond donors (Lipinski definition) is 0. The van der Waals surface area contributed by atoms with Crippen LogP contribution in [0.1, 0.15) is 13.8 Å². The van der Waals surface area contributed by atoms with Crippen LogP contribution in [-0.4, -0.2) is 34.5 Å². The Kier molecular flexibility index (Phi) is 4.48. The molecule has 0 N–H and O–H groups in total. The first-order valence-electron chi connectivity index (χ1n) is 3.88. The molecule has 0 aromatic rings. The van der Waals surface area contributed by atoms with Crippen molar-refractivity contribution in [1.29, 1.82) is 0 Å². The Hall–Kier alpha value is 2.18. The van der Waals surface area contributed by atoms with E-state index >= 15 is 0 Å². The zero-order valence-electron chi connectivity index (χ0n) is 8.26. The van der Waals surface area contributed by atoms with Crippen molar-refractivity contribution in [2.24, 2.45) is 0 Å². The Morgan fingerprint density at radius 1 is 0.818 bits per heavy atom. The van der Waals surface area contributed by atoms with Crippen LogP contribution in [0.4, 0.5) is 0 Å². The molecule has 0 heterocycles. The molecule has 0 unspecified atom stereocenters. The molecule has 0 aliphatic heterocycles. The second-order valence-corrected chi connectivity index (χ2v) is 45.3. The van der Waals surface area contributed by atoms with E-state index in [2.05, 4.69) is 33.6 Å². The first kappa shape index (κ1) is 13.2. The molecule has 68 valence electrons. The van der Waals surface area contributed by atoms with E-state index in [1.807, 2.05) is 0 Å². The normalized spacial score (nSPS) is 15.3. The summed E-state index contributed by atoms with van der Waals surface area (Å²) in [6, 6.07) is 0.